The molecule has 8 amide bonds. The van der Waals surface area contributed by atoms with Gasteiger partial charge < -0.3 is 42.5 Å². The molecule has 20 nitrogen and oxygen atoms in total. The molecule has 8 N–H and O–H groups in total. The van der Waals surface area contributed by atoms with Gasteiger partial charge in [-0.15, -0.1) is 0 Å². The SMILES string of the molecule is CCCCCCCCCCCC(=O)NC(CCC(=O)NCCCCNC(=O)CCC(NC(=O)CCCCCCCCCCC)C(C)=O)C(C)=O.CCCCCCCCCCCCCC(=O)NC(CC(=O)NCCCCNC(=O)C(CC(C)=O)NC(=O)CCCCCCCCCCCCC)C(C)=O. The van der Waals surface area contributed by atoms with E-state index in [4.69, 9.17) is 0 Å². The third kappa shape index (κ3) is 67.6. The van der Waals surface area contributed by atoms with Gasteiger partial charge in [0.05, 0.1) is 24.5 Å². The third-order valence-corrected chi connectivity index (χ3v) is 18.8. The molecule has 0 saturated carbocycles. The van der Waals surface area contributed by atoms with Gasteiger partial charge in [-0.25, -0.2) is 0 Å². The number of nitrogens with one attached hydrogen (secondary N) is 8. The van der Waals surface area contributed by atoms with E-state index in [2.05, 4.69) is 70.2 Å². The Balaban J connectivity index is 0. The number of ketones is 4. The highest BCUT2D eigenvalue weighted by Gasteiger charge is 2.24. The van der Waals surface area contributed by atoms with Gasteiger partial charge in [0, 0.05) is 71.1 Å². The van der Waals surface area contributed by atoms with E-state index >= 15 is 0 Å². The van der Waals surface area contributed by atoms with Crippen LogP contribution in [0.2, 0.25) is 0 Å². The summed E-state index contributed by atoms with van der Waals surface area (Å²) < 4.78 is 0. The minimum Gasteiger partial charge on any atom is -0.356 e. The van der Waals surface area contributed by atoms with Crippen LogP contribution in [0.4, 0.5) is 0 Å². The lowest BCUT2D eigenvalue weighted by Crippen LogP contribution is -2.47. The molecule has 0 spiro atoms. The van der Waals surface area contributed by atoms with Crippen LogP contribution in [0.3, 0.4) is 0 Å². The molecular weight excluding hydrogens is 1290 g/mol. The predicted octanol–water partition coefficient (Wildman–Crippen LogP) is 15.9. The van der Waals surface area contributed by atoms with E-state index < -0.39 is 24.2 Å². The summed E-state index contributed by atoms with van der Waals surface area (Å²) in [5.74, 6) is -2.48. The number of carbonyl (C=O) groups is 12. The number of carbonyl (C=O) groups excluding carboxylic acids is 12. The van der Waals surface area contributed by atoms with Crippen LogP contribution in [0.5, 0.6) is 0 Å². The topological polar surface area (TPSA) is 301 Å². The minimum atomic E-state index is -0.897. The lowest BCUT2D eigenvalue weighted by molar-refractivity contribution is -0.131. The molecule has 0 radical (unpaired) electrons. The Bertz CT molecular complexity index is 2140. The Hall–Kier alpha value is -5.56. The summed E-state index contributed by atoms with van der Waals surface area (Å²) in [5.41, 5.74) is 0. The molecule has 0 aromatic carbocycles. The van der Waals surface area contributed by atoms with Crippen molar-refractivity contribution in [2.45, 2.75) is 426 Å². The van der Waals surface area contributed by atoms with Crippen molar-refractivity contribution in [3.8, 4) is 0 Å². The predicted molar refractivity (Wildman–Crippen MR) is 414 cm³/mol. The fourth-order valence-corrected chi connectivity index (χ4v) is 12.2. The summed E-state index contributed by atoms with van der Waals surface area (Å²) in [6, 6.07) is -3.05. The summed E-state index contributed by atoms with van der Waals surface area (Å²) in [6.45, 7) is 16.1. The highest BCUT2D eigenvalue weighted by Crippen LogP contribution is 2.17. The molecule has 0 saturated heterocycles. The van der Waals surface area contributed by atoms with E-state index in [1.54, 1.807) is 0 Å². The van der Waals surface area contributed by atoms with Crippen LogP contribution >= 0.6 is 0 Å². The van der Waals surface area contributed by atoms with Crippen LogP contribution in [-0.4, -0.2) is 121 Å². The Kier molecular flexibility index (Phi) is 69.9. The van der Waals surface area contributed by atoms with Crippen LogP contribution in [0.25, 0.3) is 0 Å². The zero-order valence-corrected chi connectivity index (χ0v) is 66.2. The molecule has 0 fully saturated rings. The van der Waals surface area contributed by atoms with Gasteiger partial charge in [0.2, 0.25) is 47.3 Å². The van der Waals surface area contributed by atoms with Crippen molar-refractivity contribution in [2.75, 3.05) is 26.2 Å². The Morgan fingerprint density at radius 1 is 0.216 bits per heavy atom. The third-order valence-electron chi connectivity index (χ3n) is 18.8. The van der Waals surface area contributed by atoms with Gasteiger partial charge in [0.1, 0.15) is 11.8 Å². The first-order chi connectivity index (χ1) is 49.2. The van der Waals surface area contributed by atoms with Gasteiger partial charge in [-0.05, 0) is 91.9 Å². The highest BCUT2D eigenvalue weighted by molar-refractivity contribution is 5.93. The Labute approximate surface area is 620 Å². The number of amides is 8. The first kappa shape index (κ1) is 98.5. The maximum atomic E-state index is 12.7. The number of unbranched alkanes of at least 4 members (excludes halogenated alkanes) is 38. The molecule has 0 aromatic rings. The molecule has 20 heteroatoms. The maximum Gasteiger partial charge on any atom is 0.243 e. The average Bonchev–Trinajstić information content (AvgIpc) is 0.959. The summed E-state index contributed by atoms with van der Waals surface area (Å²) in [5, 5.41) is 22.3. The maximum absolute atomic E-state index is 12.7. The van der Waals surface area contributed by atoms with Gasteiger partial charge in [0.15, 0.2) is 17.3 Å². The van der Waals surface area contributed by atoms with Crippen LogP contribution in [0.15, 0.2) is 0 Å². The van der Waals surface area contributed by atoms with Crippen molar-refractivity contribution in [3.63, 3.8) is 0 Å². The van der Waals surface area contributed by atoms with Crippen molar-refractivity contribution in [3.05, 3.63) is 0 Å². The van der Waals surface area contributed by atoms with Crippen LogP contribution < -0.4 is 42.5 Å². The van der Waals surface area contributed by atoms with Gasteiger partial charge in [-0.3, -0.25) is 57.5 Å². The first-order valence-electron chi connectivity index (χ1n) is 41.5. The molecule has 0 aliphatic rings. The largest absolute Gasteiger partial charge is 0.356 e. The molecule has 4 atom stereocenters. The highest BCUT2D eigenvalue weighted by atomic mass is 16.2. The average molecular weight is 1440 g/mol. The fraction of sp³-hybridized carbons (Fsp3) is 0.854. The van der Waals surface area contributed by atoms with Crippen LogP contribution in [0, 0.1) is 0 Å². The zero-order valence-electron chi connectivity index (χ0n) is 66.2. The van der Waals surface area contributed by atoms with Crippen molar-refractivity contribution in [1.29, 1.82) is 0 Å². The molecule has 4 unspecified atom stereocenters. The van der Waals surface area contributed by atoms with Gasteiger partial charge in [-0.2, -0.15) is 0 Å². The normalized spacial score (nSPS) is 12.2. The molecule has 0 aliphatic heterocycles. The van der Waals surface area contributed by atoms with Crippen LogP contribution in [0.1, 0.15) is 402 Å². The Morgan fingerprint density at radius 2 is 0.441 bits per heavy atom. The van der Waals surface area contributed by atoms with Crippen LogP contribution in [-0.2, 0) is 57.5 Å². The smallest absolute Gasteiger partial charge is 0.243 e. The summed E-state index contributed by atoms with van der Waals surface area (Å²) in [4.78, 5) is 147. The number of hydrogen-bond donors (Lipinski definition) is 8. The van der Waals surface area contributed by atoms with E-state index in [0.717, 1.165) is 77.0 Å². The minimum absolute atomic E-state index is 0.0565. The van der Waals surface area contributed by atoms with Crippen molar-refractivity contribution in [1.82, 2.24) is 42.5 Å². The molecule has 102 heavy (non-hydrogen) atoms. The molecule has 0 rings (SSSR count). The van der Waals surface area contributed by atoms with E-state index in [9.17, 15) is 57.5 Å². The quantitative estimate of drug-likeness (QED) is 0.0264. The second kappa shape index (κ2) is 72.4. The second-order valence-corrected chi connectivity index (χ2v) is 29.0. The van der Waals surface area contributed by atoms with Gasteiger partial charge in [0.25, 0.3) is 0 Å². The van der Waals surface area contributed by atoms with E-state index in [1.165, 1.54) is 207 Å². The standard InChI is InChI=1S/C42H78N4O6.C40H74N4O6/c1-5-7-9-11-13-15-17-19-21-23-25-29-39(49)45-37(36(4)48)34-41(51)43-31-27-28-32-44-42(52)38(33-35(3)47)46-40(50)30-26-24-22-20-18-16-14-12-10-8-6-2;1-5-7-9-11-13-15-17-19-21-25-39(49)43-35(33(3)45)27-29-37(47)41-31-23-24-32-42-38(48)30-28-36(34(4)46)44-40(50)26-22-20-18-16-14-12-10-8-6-2/h37-38H,5-34H2,1-4H3,(H,43,51)(H,44,52)(H,45,49)(H,46,50);35-36H,5-32H2,1-4H3,(H,41,47)(H,42,48)(H,43,49)(H,44,50). The fourth-order valence-electron chi connectivity index (χ4n) is 12.2. The lowest BCUT2D eigenvalue weighted by Gasteiger charge is -2.18. The van der Waals surface area contributed by atoms with Crippen molar-refractivity contribution < 1.29 is 57.5 Å². The number of hydrogen-bond acceptors (Lipinski definition) is 12. The molecule has 0 bridgehead atoms. The van der Waals surface area contributed by atoms with Crippen molar-refractivity contribution in [2.24, 2.45) is 0 Å². The molecule has 0 aromatic heterocycles. The zero-order chi connectivity index (χ0) is 75.9. The summed E-state index contributed by atoms with van der Waals surface area (Å²) in [7, 11) is 0. The summed E-state index contributed by atoms with van der Waals surface area (Å²) >= 11 is 0. The Morgan fingerprint density at radius 3 is 0.696 bits per heavy atom. The first-order valence-corrected chi connectivity index (χ1v) is 41.5. The van der Waals surface area contributed by atoms with Gasteiger partial charge in [-0.1, -0.05) is 259 Å². The monoisotopic (exact) mass is 1440 g/mol. The van der Waals surface area contributed by atoms with E-state index in [0.29, 0.717) is 77.5 Å². The van der Waals surface area contributed by atoms with E-state index in [-0.39, 0.29) is 109 Å². The molecule has 0 aliphatic carbocycles. The summed E-state index contributed by atoms with van der Waals surface area (Å²) in [6.07, 6.45) is 52.0. The number of Topliss-reactive ketones (excluding diaryl/α,β-unsaturated/α-hetero) is 4. The second-order valence-electron chi connectivity index (χ2n) is 29.0. The molecule has 0 heterocycles. The number of rotatable bonds is 72. The van der Waals surface area contributed by atoms with Crippen molar-refractivity contribution >= 4 is 70.4 Å². The van der Waals surface area contributed by atoms with E-state index in [1.807, 2.05) is 0 Å². The molecular formula is C82H152N8O12. The lowest BCUT2D eigenvalue weighted by atomic mass is 10.0. The molecule has 592 valence electrons. The van der Waals surface area contributed by atoms with Gasteiger partial charge >= 0.3 is 0 Å².